The minimum Gasteiger partial charge on any atom is -0.497 e. The summed E-state index contributed by atoms with van der Waals surface area (Å²) in [7, 11) is 3.34. The molecule has 2 aromatic rings. The summed E-state index contributed by atoms with van der Waals surface area (Å²) < 4.78 is 5.12. The van der Waals surface area contributed by atoms with Gasteiger partial charge in [-0.1, -0.05) is 0 Å². The molecule has 1 fully saturated rings. The van der Waals surface area contributed by atoms with E-state index in [1.54, 1.807) is 19.1 Å². The number of hydrogen-bond donors (Lipinski definition) is 0. The molecule has 1 aromatic carbocycles. The van der Waals surface area contributed by atoms with E-state index in [-0.39, 0.29) is 11.9 Å². The molecule has 1 unspecified atom stereocenters. The Morgan fingerprint density at radius 3 is 2.65 bits per heavy atom. The number of benzene rings is 1. The third-order valence-electron chi connectivity index (χ3n) is 3.36. The maximum absolute atomic E-state index is 11.8. The van der Waals surface area contributed by atoms with Crippen LogP contribution in [-0.2, 0) is 18.3 Å². The lowest BCUT2D eigenvalue weighted by atomic mass is 9.97. The zero-order valence-corrected chi connectivity index (χ0v) is 11.4. The lowest BCUT2D eigenvalue weighted by Gasteiger charge is -2.40. The summed E-state index contributed by atoms with van der Waals surface area (Å²) in [6, 6.07) is 7.55. The summed E-state index contributed by atoms with van der Waals surface area (Å²) >= 11 is 0. The van der Waals surface area contributed by atoms with Crippen LogP contribution in [-0.4, -0.2) is 39.3 Å². The quantitative estimate of drug-likeness (QED) is 0.761. The van der Waals surface area contributed by atoms with E-state index in [1.165, 1.54) is 4.80 Å². The molecular formula is C13H15N5O2. The molecule has 0 bridgehead atoms. The van der Waals surface area contributed by atoms with Gasteiger partial charge in [0.25, 0.3) is 0 Å². The van der Waals surface area contributed by atoms with Crippen LogP contribution in [0.15, 0.2) is 24.3 Å². The molecule has 3 rings (SSSR count). The maximum atomic E-state index is 11.8. The van der Waals surface area contributed by atoms with Crippen LogP contribution in [0.5, 0.6) is 5.75 Å². The molecule has 0 saturated carbocycles. The van der Waals surface area contributed by atoms with Gasteiger partial charge in [-0.2, -0.15) is 4.80 Å². The Balaban J connectivity index is 1.75. The van der Waals surface area contributed by atoms with E-state index >= 15 is 0 Å². The zero-order valence-electron chi connectivity index (χ0n) is 11.4. The molecule has 1 saturated heterocycles. The van der Waals surface area contributed by atoms with Crippen LogP contribution >= 0.6 is 0 Å². The van der Waals surface area contributed by atoms with Crippen molar-refractivity contribution in [3.05, 3.63) is 30.1 Å². The van der Waals surface area contributed by atoms with Gasteiger partial charge >= 0.3 is 0 Å². The van der Waals surface area contributed by atoms with E-state index in [4.69, 9.17) is 4.74 Å². The number of hydrogen-bond acceptors (Lipinski definition) is 5. The van der Waals surface area contributed by atoms with Gasteiger partial charge in [0.1, 0.15) is 5.75 Å². The predicted molar refractivity (Wildman–Crippen MR) is 71.4 cm³/mol. The van der Waals surface area contributed by atoms with E-state index in [2.05, 4.69) is 15.4 Å². The minimum atomic E-state index is 0.0973. The van der Waals surface area contributed by atoms with Crippen LogP contribution in [0.1, 0.15) is 12.2 Å². The molecule has 104 valence electrons. The number of ether oxygens (including phenoxy) is 1. The molecule has 0 radical (unpaired) electrons. The number of anilines is 1. The van der Waals surface area contributed by atoms with Gasteiger partial charge in [0, 0.05) is 18.5 Å². The van der Waals surface area contributed by atoms with Crippen molar-refractivity contribution in [3.8, 4) is 5.75 Å². The van der Waals surface area contributed by atoms with Crippen LogP contribution < -0.4 is 9.64 Å². The van der Waals surface area contributed by atoms with Gasteiger partial charge in [0.15, 0.2) is 5.82 Å². The van der Waals surface area contributed by atoms with Crippen molar-refractivity contribution in [1.82, 2.24) is 20.2 Å². The molecule has 0 aliphatic carbocycles. The van der Waals surface area contributed by atoms with E-state index in [0.29, 0.717) is 18.7 Å². The number of amides is 1. The summed E-state index contributed by atoms with van der Waals surface area (Å²) in [5, 5.41) is 11.9. The highest BCUT2D eigenvalue weighted by atomic mass is 16.5. The Labute approximate surface area is 116 Å². The normalized spacial score (nSPS) is 18.0. The number of aromatic nitrogens is 4. The first kappa shape index (κ1) is 12.6. The predicted octanol–water partition coefficient (Wildman–Crippen LogP) is 0.567. The Bertz CT molecular complexity index is 622. The van der Waals surface area contributed by atoms with Crippen molar-refractivity contribution in [1.29, 1.82) is 0 Å². The molecule has 1 atom stereocenters. The molecule has 1 aliphatic heterocycles. The summed E-state index contributed by atoms with van der Waals surface area (Å²) in [6.07, 6.45) is 1.13. The van der Waals surface area contributed by atoms with Gasteiger partial charge in [0.05, 0.1) is 20.2 Å². The molecule has 0 N–H and O–H groups in total. The molecule has 1 aliphatic rings. The summed E-state index contributed by atoms with van der Waals surface area (Å²) in [5.74, 6) is 1.54. The Morgan fingerprint density at radius 2 is 2.10 bits per heavy atom. The Kier molecular flexibility index (Phi) is 3.09. The van der Waals surface area contributed by atoms with Crippen molar-refractivity contribution in [3.63, 3.8) is 0 Å². The molecule has 1 amide bonds. The highest BCUT2D eigenvalue weighted by molar-refractivity contribution is 6.00. The van der Waals surface area contributed by atoms with Gasteiger partial charge in [-0.25, -0.2) is 0 Å². The van der Waals surface area contributed by atoms with Crippen LogP contribution in [0, 0.1) is 0 Å². The van der Waals surface area contributed by atoms with Gasteiger partial charge < -0.3 is 9.64 Å². The second-order valence-corrected chi connectivity index (χ2v) is 4.72. The number of tetrazole rings is 1. The number of methoxy groups -OCH3 is 1. The molecule has 7 nitrogen and oxygen atoms in total. The first-order valence-electron chi connectivity index (χ1n) is 6.36. The van der Waals surface area contributed by atoms with Gasteiger partial charge in [-0.3, -0.25) is 4.79 Å². The van der Waals surface area contributed by atoms with Crippen molar-refractivity contribution < 1.29 is 9.53 Å². The number of carbonyl (C=O) groups is 1. The van der Waals surface area contributed by atoms with Gasteiger partial charge in [0.2, 0.25) is 5.91 Å². The SMILES string of the molecule is COc1ccc(N2C(=O)CC2Cc2nnn(C)n2)cc1. The average molecular weight is 273 g/mol. The first-order valence-corrected chi connectivity index (χ1v) is 6.36. The fraction of sp³-hybridized carbons (Fsp3) is 0.385. The van der Waals surface area contributed by atoms with E-state index in [1.807, 2.05) is 24.3 Å². The molecule has 7 heteroatoms. The highest BCUT2D eigenvalue weighted by Gasteiger charge is 2.37. The van der Waals surface area contributed by atoms with E-state index in [0.717, 1.165) is 11.4 Å². The summed E-state index contributed by atoms with van der Waals surface area (Å²) in [4.78, 5) is 15.0. The fourth-order valence-corrected chi connectivity index (χ4v) is 2.36. The van der Waals surface area contributed by atoms with Gasteiger partial charge in [-0.05, 0) is 29.5 Å². The lowest BCUT2D eigenvalue weighted by molar-refractivity contribution is -0.124. The third-order valence-corrected chi connectivity index (χ3v) is 3.36. The highest BCUT2D eigenvalue weighted by Crippen LogP contribution is 2.30. The van der Waals surface area contributed by atoms with Crippen LogP contribution in [0.3, 0.4) is 0 Å². The monoisotopic (exact) mass is 273 g/mol. The number of β-lactam (4-membered cyclic amide) rings is 1. The van der Waals surface area contributed by atoms with E-state index < -0.39 is 0 Å². The molecule has 0 spiro atoms. The summed E-state index contributed by atoms with van der Waals surface area (Å²) in [5.41, 5.74) is 0.871. The second-order valence-electron chi connectivity index (χ2n) is 4.72. The Morgan fingerprint density at radius 1 is 1.35 bits per heavy atom. The lowest BCUT2D eigenvalue weighted by Crippen LogP contribution is -2.54. The second kappa shape index (κ2) is 4.92. The number of aryl methyl sites for hydroxylation is 1. The zero-order chi connectivity index (χ0) is 14.1. The summed E-state index contributed by atoms with van der Waals surface area (Å²) in [6.45, 7) is 0. The van der Waals surface area contributed by atoms with Crippen molar-refractivity contribution in [2.24, 2.45) is 7.05 Å². The van der Waals surface area contributed by atoms with Crippen molar-refractivity contribution in [2.45, 2.75) is 18.9 Å². The third kappa shape index (κ3) is 2.22. The molecular weight excluding hydrogens is 258 g/mol. The number of rotatable bonds is 4. The van der Waals surface area contributed by atoms with Crippen LogP contribution in [0.4, 0.5) is 5.69 Å². The standard InChI is InChI=1S/C13H15N5O2/c1-17-15-12(14-16-17)7-10-8-13(19)18(10)9-3-5-11(20-2)6-4-9/h3-6,10H,7-8H2,1-2H3. The first-order chi connectivity index (χ1) is 9.67. The average Bonchev–Trinajstić information content (AvgIpc) is 2.84. The topological polar surface area (TPSA) is 73.1 Å². The van der Waals surface area contributed by atoms with E-state index in [9.17, 15) is 4.79 Å². The van der Waals surface area contributed by atoms with Crippen molar-refractivity contribution in [2.75, 3.05) is 12.0 Å². The largest absolute Gasteiger partial charge is 0.497 e. The minimum absolute atomic E-state index is 0.0973. The number of nitrogens with zero attached hydrogens (tertiary/aromatic N) is 5. The number of carbonyl (C=O) groups excluding carboxylic acids is 1. The maximum Gasteiger partial charge on any atom is 0.229 e. The van der Waals surface area contributed by atoms with Crippen LogP contribution in [0.25, 0.3) is 0 Å². The van der Waals surface area contributed by atoms with Crippen molar-refractivity contribution >= 4 is 11.6 Å². The molecule has 2 heterocycles. The van der Waals surface area contributed by atoms with Crippen LogP contribution in [0.2, 0.25) is 0 Å². The smallest absolute Gasteiger partial charge is 0.229 e. The fourth-order valence-electron chi connectivity index (χ4n) is 2.36. The van der Waals surface area contributed by atoms with Gasteiger partial charge in [-0.15, -0.1) is 10.2 Å². The molecule has 1 aromatic heterocycles. The Hall–Kier alpha value is -2.44. The molecule has 20 heavy (non-hydrogen) atoms.